The Morgan fingerprint density at radius 3 is 2.63 bits per heavy atom. The van der Waals surface area contributed by atoms with E-state index in [0.717, 1.165) is 43.6 Å². The van der Waals surface area contributed by atoms with Crippen molar-refractivity contribution in [3.63, 3.8) is 0 Å². The number of hydrogen-bond donors (Lipinski definition) is 1. The minimum atomic E-state index is -0.0318. The fourth-order valence-corrected chi connectivity index (χ4v) is 3.04. The number of ether oxygens (including phenoxy) is 3. The maximum Gasteiger partial charge on any atom is 0.251 e. The summed E-state index contributed by atoms with van der Waals surface area (Å²) in [4.78, 5) is 12.1. The Balaban J connectivity index is 1.27. The lowest BCUT2D eigenvalue weighted by Gasteiger charge is -2.12. The van der Waals surface area contributed by atoms with Gasteiger partial charge in [-0.1, -0.05) is 18.2 Å². The highest BCUT2D eigenvalue weighted by Gasteiger charge is 2.23. The summed E-state index contributed by atoms with van der Waals surface area (Å²) >= 11 is 0. The van der Waals surface area contributed by atoms with E-state index in [2.05, 4.69) is 5.32 Å². The van der Waals surface area contributed by atoms with Crippen LogP contribution in [0.15, 0.2) is 48.5 Å². The maximum atomic E-state index is 12.1. The summed E-state index contributed by atoms with van der Waals surface area (Å²) in [6, 6.07) is 15.6. The number of rotatable bonds is 8. The number of hydrogen-bond acceptors (Lipinski definition) is 4. The molecule has 27 heavy (non-hydrogen) atoms. The second-order valence-electron chi connectivity index (χ2n) is 7.15. The molecule has 2 fully saturated rings. The van der Waals surface area contributed by atoms with Crippen LogP contribution in [-0.2, 0) is 11.3 Å². The van der Waals surface area contributed by atoms with E-state index in [1.165, 1.54) is 0 Å². The van der Waals surface area contributed by atoms with E-state index in [4.69, 9.17) is 14.2 Å². The van der Waals surface area contributed by atoms with Crippen molar-refractivity contribution in [2.45, 2.75) is 44.4 Å². The normalized spacial score (nSPS) is 18.9. The monoisotopic (exact) mass is 367 g/mol. The number of benzene rings is 2. The molecule has 2 aromatic carbocycles. The lowest BCUT2D eigenvalue weighted by Crippen LogP contribution is -2.25. The summed E-state index contributed by atoms with van der Waals surface area (Å²) < 4.78 is 17.2. The van der Waals surface area contributed by atoms with Gasteiger partial charge >= 0.3 is 0 Å². The molecule has 1 saturated carbocycles. The van der Waals surface area contributed by atoms with Crippen LogP contribution in [0.5, 0.6) is 11.5 Å². The highest BCUT2D eigenvalue weighted by atomic mass is 16.5. The van der Waals surface area contributed by atoms with Crippen molar-refractivity contribution in [3.05, 3.63) is 59.7 Å². The summed E-state index contributed by atoms with van der Waals surface area (Å²) in [5.41, 5.74) is 1.68. The molecule has 1 N–H and O–H groups in total. The van der Waals surface area contributed by atoms with Gasteiger partial charge in [0.1, 0.15) is 24.7 Å². The molecule has 2 aliphatic rings. The predicted molar refractivity (Wildman–Crippen MR) is 102 cm³/mol. The van der Waals surface area contributed by atoms with Gasteiger partial charge in [-0.05, 0) is 61.6 Å². The van der Waals surface area contributed by atoms with Crippen molar-refractivity contribution >= 4 is 5.91 Å². The number of carbonyl (C=O) groups is 1. The topological polar surface area (TPSA) is 56.8 Å². The summed E-state index contributed by atoms with van der Waals surface area (Å²) in [7, 11) is 0. The van der Waals surface area contributed by atoms with Crippen LogP contribution < -0.4 is 14.8 Å². The average molecular weight is 367 g/mol. The molecule has 1 aliphatic heterocycles. The highest BCUT2D eigenvalue weighted by molar-refractivity contribution is 5.94. The van der Waals surface area contributed by atoms with Gasteiger partial charge < -0.3 is 19.5 Å². The standard InChI is InChI=1S/C22H25NO4/c24-22(23-18-8-9-18)17-3-1-4-20(13-17)26-14-16-6-10-19(11-7-16)27-15-21-5-2-12-25-21/h1,3-4,6-7,10-11,13,18,21H,2,5,8-9,12,14-15H2,(H,23,24)/t21-/m1/s1. The third-order valence-corrected chi connectivity index (χ3v) is 4.80. The van der Waals surface area contributed by atoms with Gasteiger partial charge in [0.2, 0.25) is 0 Å². The molecule has 0 spiro atoms. The van der Waals surface area contributed by atoms with Crippen LogP contribution in [0.25, 0.3) is 0 Å². The van der Waals surface area contributed by atoms with E-state index < -0.39 is 0 Å². The first kappa shape index (κ1) is 17.9. The Labute approximate surface area is 159 Å². The molecule has 142 valence electrons. The molecule has 1 heterocycles. The minimum absolute atomic E-state index is 0.0318. The fraction of sp³-hybridized carbons (Fsp3) is 0.409. The second kappa shape index (κ2) is 8.44. The third-order valence-electron chi connectivity index (χ3n) is 4.80. The van der Waals surface area contributed by atoms with Gasteiger partial charge in [-0.3, -0.25) is 4.79 Å². The van der Waals surface area contributed by atoms with Crippen LogP contribution in [0, 0.1) is 0 Å². The highest BCUT2D eigenvalue weighted by Crippen LogP contribution is 2.21. The lowest BCUT2D eigenvalue weighted by molar-refractivity contribution is 0.0679. The first-order valence-electron chi connectivity index (χ1n) is 9.63. The minimum Gasteiger partial charge on any atom is -0.491 e. The van der Waals surface area contributed by atoms with Gasteiger partial charge in [0.15, 0.2) is 0 Å². The van der Waals surface area contributed by atoms with E-state index in [1.54, 1.807) is 6.07 Å². The van der Waals surface area contributed by atoms with Gasteiger partial charge in [0.05, 0.1) is 6.10 Å². The molecule has 2 aromatic rings. The largest absolute Gasteiger partial charge is 0.491 e. The third kappa shape index (κ3) is 5.23. The van der Waals surface area contributed by atoms with Crippen LogP contribution in [-0.4, -0.2) is 31.3 Å². The fourth-order valence-electron chi connectivity index (χ4n) is 3.04. The van der Waals surface area contributed by atoms with Crippen molar-refractivity contribution < 1.29 is 19.0 Å². The van der Waals surface area contributed by atoms with Gasteiger partial charge in [0, 0.05) is 18.2 Å². The Hall–Kier alpha value is -2.53. The van der Waals surface area contributed by atoms with E-state index >= 15 is 0 Å². The molecule has 5 nitrogen and oxygen atoms in total. The molecule has 0 aromatic heterocycles. The van der Waals surface area contributed by atoms with Crippen molar-refractivity contribution in [1.82, 2.24) is 5.32 Å². The smallest absolute Gasteiger partial charge is 0.251 e. The predicted octanol–water partition coefficient (Wildman–Crippen LogP) is 3.72. The Morgan fingerprint density at radius 1 is 1.04 bits per heavy atom. The Kier molecular flexibility index (Phi) is 5.58. The van der Waals surface area contributed by atoms with Gasteiger partial charge in [-0.2, -0.15) is 0 Å². The van der Waals surface area contributed by atoms with E-state index in [9.17, 15) is 4.79 Å². The van der Waals surface area contributed by atoms with E-state index in [-0.39, 0.29) is 12.0 Å². The van der Waals surface area contributed by atoms with Crippen LogP contribution in [0.1, 0.15) is 41.6 Å². The Bertz CT molecular complexity index is 764. The van der Waals surface area contributed by atoms with Crippen molar-refractivity contribution in [2.24, 2.45) is 0 Å². The molecule has 0 radical (unpaired) electrons. The van der Waals surface area contributed by atoms with Crippen molar-refractivity contribution in [3.8, 4) is 11.5 Å². The molecule has 1 atom stereocenters. The summed E-state index contributed by atoms with van der Waals surface area (Å²) in [6.07, 6.45) is 4.57. The van der Waals surface area contributed by atoms with Gasteiger partial charge in [-0.25, -0.2) is 0 Å². The molecule has 1 amide bonds. The molecule has 0 bridgehead atoms. The van der Waals surface area contributed by atoms with Gasteiger partial charge in [-0.15, -0.1) is 0 Å². The zero-order chi connectivity index (χ0) is 18.5. The zero-order valence-corrected chi connectivity index (χ0v) is 15.4. The summed E-state index contributed by atoms with van der Waals surface area (Å²) in [6.45, 7) is 1.89. The van der Waals surface area contributed by atoms with Crippen LogP contribution in [0.3, 0.4) is 0 Å². The SMILES string of the molecule is O=C(NC1CC1)c1cccc(OCc2ccc(OC[C@H]3CCCO3)cc2)c1. The van der Waals surface area contributed by atoms with E-state index in [1.807, 2.05) is 42.5 Å². The maximum absolute atomic E-state index is 12.1. The van der Waals surface area contributed by atoms with E-state index in [0.29, 0.717) is 30.6 Å². The van der Waals surface area contributed by atoms with Gasteiger partial charge in [0.25, 0.3) is 5.91 Å². The first-order valence-corrected chi connectivity index (χ1v) is 9.63. The van der Waals surface area contributed by atoms with Crippen LogP contribution in [0.2, 0.25) is 0 Å². The number of amides is 1. The zero-order valence-electron chi connectivity index (χ0n) is 15.4. The lowest BCUT2D eigenvalue weighted by atomic mass is 10.2. The molecular weight excluding hydrogens is 342 g/mol. The molecule has 0 unspecified atom stereocenters. The quantitative estimate of drug-likeness (QED) is 0.773. The molecular formula is C22H25NO4. The molecule has 4 rings (SSSR count). The first-order chi connectivity index (χ1) is 13.3. The number of nitrogens with one attached hydrogen (secondary N) is 1. The van der Waals surface area contributed by atoms with Crippen LogP contribution >= 0.6 is 0 Å². The van der Waals surface area contributed by atoms with Crippen molar-refractivity contribution in [2.75, 3.05) is 13.2 Å². The van der Waals surface area contributed by atoms with Crippen LogP contribution in [0.4, 0.5) is 0 Å². The summed E-state index contributed by atoms with van der Waals surface area (Å²) in [5.74, 6) is 1.50. The molecule has 5 heteroatoms. The molecule has 1 saturated heterocycles. The second-order valence-corrected chi connectivity index (χ2v) is 7.15. The Morgan fingerprint density at radius 2 is 1.89 bits per heavy atom. The molecule has 1 aliphatic carbocycles. The average Bonchev–Trinajstić information content (AvgIpc) is 3.36. The number of carbonyl (C=O) groups excluding carboxylic acids is 1. The van der Waals surface area contributed by atoms with Crippen molar-refractivity contribution in [1.29, 1.82) is 0 Å². The summed E-state index contributed by atoms with van der Waals surface area (Å²) in [5, 5.41) is 2.99.